The van der Waals surface area contributed by atoms with Gasteiger partial charge in [-0.2, -0.15) is 0 Å². The fourth-order valence-electron chi connectivity index (χ4n) is 3.65. The van der Waals surface area contributed by atoms with Gasteiger partial charge in [-0.15, -0.1) is 11.3 Å². The van der Waals surface area contributed by atoms with Crippen molar-refractivity contribution in [1.82, 2.24) is 10.3 Å². The normalized spacial score (nSPS) is 16.2. The molecule has 0 spiro atoms. The Labute approximate surface area is 191 Å². The number of hydrogen-bond acceptors (Lipinski definition) is 7. The van der Waals surface area contributed by atoms with Gasteiger partial charge in [0, 0.05) is 41.6 Å². The second kappa shape index (κ2) is 9.97. The van der Waals surface area contributed by atoms with Gasteiger partial charge < -0.3 is 19.5 Å². The van der Waals surface area contributed by atoms with Crippen molar-refractivity contribution >= 4 is 23.3 Å². The first-order valence-corrected chi connectivity index (χ1v) is 11.3. The van der Waals surface area contributed by atoms with E-state index in [0.29, 0.717) is 29.4 Å². The summed E-state index contributed by atoms with van der Waals surface area (Å²) in [7, 11) is 1.66. The molecule has 0 amide bonds. The highest BCUT2D eigenvalue weighted by molar-refractivity contribution is 7.09. The van der Waals surface area contributed by atoms with Crippen LogP contribution in [0.1, 0.15) is 45.9 Å². The van der Waals surface area contributed by atoms with Gasteiger partial charge in [-0.1, -0.05) is 6.08 Å². The van der Waals surface area contributed by atoms with Gasteiger partial charge >= 0.3 is 0 Å². The Morgan fingerprint density at radius 3 is 2.81 bits per heavy atom. The SMILES string of the molecule is COC[C@H](C)Oc1cc(Oc2ccc(C=O)cc2C)cc(C2=CCC(c3nccs3)N2)c1. The molecule has 0 bridgehead atoms. The minimum absolute atomic E-state index is 0.106. The van der Waals surface area contributed by atoms with Crippen molar-refractivity contribution in [3.63, 3.8) is 0 Å². The zero-order valence-electron chi connectivity index (χ0n) is 18.3. The third-order valence-electron chi connectivity index (χ3n) is 5.13. The van der Waals surface area contributed by atoms with Crippen molar-refractivity contribution in [3.8, 4) is 17.2 Å². The molecule has 4 rings (SSSR count). The van der Waals surface area contributed by atoms with Crippen LogP contribution in [0.15, 0.2) is 54.1 Å². The van der Waals surface area contributed by atoms with Crippen LogP contribution in [0, 0.1) is 6.92 Å². The Bertz CT molecular complexity index is 1110. The van der Waals surface area contributed by atoms with E-state index in [1.165, 1.54) is 0 Å². The maximum absolute atomic E-state index is 11.0. The van der Waals surface area contributed by atoms with Gasteiger partial charge in [-0.3, -0.25) is 4.79 Å². The fraction of sp³-hybridized carbons (Fsp3) is 0.280. The van der Waals surface area contributed by atoms with Gasteiger partial charge in [0.1, 0.15) is 34.6 Å². The van der Waals surface area contributed by atoms with Crippen molar-refractivity contribution in [3.05, 3.63) is 75.7 Å². The highest BCUT2D eigenvalue weighted by Gasteiger charge is 2.22. The summed E-state index contributed by atoms with van der Waals surface area (Å²) in [4.78, 5) is 15.5. The molecule has 1 N–H and O–H groups in total. The second-order valence-corrected chi connectivity index (χ2v) is 8.67. The Morgan fingerprint density at radius 2 is 2.09 bits per heavy atom. The lowest BCUT2D eigenvalue weighted by Gasteiger charge is -2.18. The zero-order valence-corrected chi connectivity index (χ0v) is 19.1. The van der Waals surface area contributed by atoms with Crippen molar-refractivity contribution in [2.75, 3.05) is 13.7 Å². The van der Waals surface area contributed by atoms with Gasteiger partial charge in [-0.25, -0.2) is 4.98 Å². The first-order chi connectivity index (χ1) is 15.6. The molecule has 0 aliphatic carbocycles. The number of benzene rings is 2. The Balaban J connectivity index is 1.61. The Morgan fingerprint density at radius 1 is 1.25 bits per heavy atom. The number of aldehydes is 1. The van der Waals surface area contributed by atoms with E-state index in [4.69, 9.17) is 14.2 Å². The zero-order chi connectivity index (χ0) is 22.5. The molecule has 1 unspecified atom stereocenters. The molecule has 1 aromatic heterocycles. The number of carbonyl (C=O) groups is 1. The molecule has 0 saturated carbocycles. The van der Waals surface area contributed by atoms with Gasteiger partial charge in [0.2, 0.25) is 0 Å². The Kier molecular flexibility index (Phi) is 6.87. The van der Waals surface area contributed by atoms with Gasteiger partial charge in [0.05, 0.1) is 12.6 Å². The molecule has 1 aliphatic rings. The molecule has 1 aliphatic heterocycles. The molecule has 2 heterocycles. The second-order valence-electron chi connectivity index (χ2n) is 7.74. The summed E-state index contributed by atoms with van der Waals surface area (Å²) in [6.45, 7) is 4.37. The third kappa shape index (κ3) is 5.18. The number of carbonyl (C=O) groups excluding carboxylic acids is 1. The molecule has 2 aromatic carbocycles. The summed E-state index contributed by atoms with van der Waals surface area (Å²) in [6.07, 6.45) is 5.60. The minimum atomic E-state index is -0.106. The molecule has 6 nitrogen and oxygen atoms in total. The number of nitrogens with zero attached hydrogens (tertiary/aromatic N) is 1. The molecule has 32 heavy (non-hydrogen) atoms. The number of thiazole rings is 1. The molecule has 7 heteroatoms. The predicted molar refractivity (Wildman–Crippen MR) is 126 cm³/mol. The number of methoxy groups -OCH3 is 1. The van der Waals surface area contributed by atoms with E-state index in [1.807, 2.05) is 55.8 Å². The topological polar surface area (TPSA) is 69.7 Å². The average molecular weight is 451 g/mol. The van der Waals surface area contributed by atoms with E-state index in [9.17, 15) is 4.79 Å². The Hall–Kier alpha value is -3.16. The van der Waals surface area contributed by atoms with Crippen LogP contribution in [0.4, 0.5) is 0 Å². The lowest BCUT2D eigenvalue weighted by molar-refractivity contribution is 0.0919. The van der Waals surface area contributed by atoms with Crippen LogP contribution < -0.4 is 14.8 Å². The van der Waals surface area contributed by atoms with Crippen LogP contribution in [0.25, 0.3) is 5.70 Å². The summed E-state index contributed by atoms with van der Waals surface area (Å²) in [6, 6.07) is 11.4. The van der Waals surface area contributed by atoms with E-state index >= 15 is 0 Å². The van der Waals surface area contributed by atoms with Gasteiger partial charge in [0.15, 0.2) is 0 Å². The molecule has 0 fully saturated rings. The maximum Gasteiger partial charge on any atom is 0.150 e. The van der Waals surface area contributed by atoms with Gasteiger partial charge in [-0.05, 0) is 56.2 Å². The average Bonchev–Trinajstić information content (AvgIpc) is 3.47. The molecular weight excluding hydrogens is 424 g/mol. The van der Waals surface area contributed by atoms with Crippen molar-refractivity contribution in [2.24, 2.45) is 0 Å². The van der Waals surface area contributed by atoms with Crippen LogP contribution >= 0.6 is 11.3 Å². The van der Waals surface area contributed by atoms with E-state index < -0.39 is 0 Å². The number of rotatable bonds is 9. The summed E-state index contributed by atoms with van der Waals surface area (Å²) >= 11 is 1.65. The number of nitrogens with one attached hydrogen (secondary N) is 1. The fourth-order valence-corrected chi connectivity index (χ4v) is 4.36. The van der Waals surface area contributed by atoms with Crippen molar-refractivity contribution in [1.29, 1.82) is 0 Å². The van der Waals surface area contributed by atoms with Crippen LogP contribution in [-0.4, -0.2) is 31.1 Å². The first-order valence-electron chi connectivity index (χ1n) is 10.5. The number of aryl methyl sites for hydroxylation is 1. The third-order valence-corrected chi connectivity index (χ3v) is 6.02. The van der Waals surface area contributed by atoms with Crippen LogP contribution in [0.2, 0.25) is 0 Å². The lowest BCUT2D eigenvalue weighted by atomic mass is 10.1. The largest absolute Gasteiger partial charge is 0.488 e. The van der Waals surface area contributed by atoms with Crippen molar-refractivity contribution < 1.29 is 19.0 Å². The summed E-state index contributed by atoms with van der Waals surface area (Å²) < 4.78 is 17.5. The maximum atomic E-state index is 11.0. The predicted octanol–water partition coefficient (Wildman–Crippen LogP) is 5.55. The summed E-state index contributed by atoms with van der Waals surface area (Å²) in [5, 5.41) is 6.63. The van der Waals surface area contributed by atoms with E-state index in [1.54, 1.807) is 24.5 Å². The smallest absolute Gasteiger partial charge is 0.150 e. The molecule has 166 valence electrons. The lowest BCUT2D eigenvalue weighted by Crippen LogP contribution is -2.18. The minimum Gasteiger partial charge on any atom is -0.488 e. The van der Waals surface area contributed by atoms with E-state index in [0.717, 1.165) is 34.5 Å². The van der Waals surface area contributed by atoms with Crippen LogP contribution in [0.3, 0.4) is 0 Å². The molecular formula is C25H26N2O4S. The standard InChI is InChI=1S/C25H26N2O4S/c1-16-10-18(14-28)4-7-24(16)31-21-12-19(11-20(13-21)30-17(2)15-29-3)22-5-6-23(27-22)25-26-8-9-32-25/h4-5,7-14,17,23,27H,6,15H2,1-3H3/t17-,23?/m0/s1. The monoisotopic (exact) mass is 450 g/mol. The van der Waals surface area contributed by atoms with Crippen LogP contribution in [-0.2, 0) is 4.74 Å². The number of hydrogen-bond donors (Lipinski definition) is 1. The first kappa shape index (κ1) is 22.0. The number of ether oxygens (including phenoxy) is 3. The highest BCUT2D eigenvalue weighted by atomic mass is 32.1. The number of aromatic nitrogens is 1. The highest BCUT2D eigenvalue weighted by Crippen LogP contribution is 2.35. The molecule has 0 radical (unpaired) electrons. The summed E-state index contributed by atoms with van der Waals surface area (Å²) in [5.41, 5.74) is 3.50. The van der Waals surface area contributed by atoms with Gasteiger partial charge in [0.25, 0.3) is 0 Å². The molecule has 2 atom stereocenters. The van der Waals surface area contributed by atoms with Crippen LogP contribution in [0.5, 0.6) is 17.2 Å². The summed E-state index contributed by atoms with van der Waals surface area (Å²) in [5.74, 6) is 2.05. The van der Waals surface area contributed by atoms with Crippen molar-refractivity contribution in [2.45, 2.75) is 32.4 Å². The van der Waals surface area contributed by atoms with E-state index in [2.05, 4.69) is 16.4 Å². The molecule has 3 aromatic rings. The quantitative estimate of drug-likeness (QED) is 0.431. The molecule has 0 saturated heterocycles. The van der Waals surface area contributed by atoms with E-state index in [-0.39, 0.29) is 12.1 Å².